The number of rotatable bonds is 4. The Kier molecular flexibility index (Phi) is 5.73. The molecule has 102 valence electrons. The molecular formula is C18H18OS. The van der Waals surface area contributed by atoms with Crippen LogP contribution in [0.15, 0.2) is 48.5 Å². The first kappa shape index (κ1) is 14.7. The Morgan fingerprint density at radius 2 is 1.90 bits per heavy atom. The molecule has 2 rings (SSSR count). The van der Waals surface area contributed by atoms with E-state index < -0.39 is 0 Å². The van der Waals surface area contributed by atoms with E-state index in [2.05, 4.69) is 55.2 Å². The molecule has 2 aromatic carbocycles. The van der Waals surface area contributed by atoms with Gasteiger partial charge in [0, 0.05) is 17.1 Å². The molecule has 2 heteroatoms. The van der Waals surface area contributed by atoms with E-state index in [0.29, 0.717) is 0 Å². The van der Waals surface area contributed by atoms with Gasteiger partial charge in [-0.3, -0.25) is 0 Å². The monoisotopic (exact) mass is 282 g/mol. The molecular weight excluding hydrogens is 264 g/mol. The van der Waals surface area contributed by atoms with Gasteiger partial charge in [-0.1, -0.05) is 48.2 Å². The van der Waals surface area contributed by atoms with Crippen LogP contribution in [0.4, 0.5) is 0 Å². The van der Waals surface area contributed by atoms with Gasteiger partial charge < -0.3 is 5.11 Å². The molecule has 0 saturated heterocycles. The summed E-state index contributed by atoms with van der Waals surface area (Å²) < 4.78 is 0. The van der Waals surface area contributed by atoms with Gasteiger partial charge in [-0.2, -0.15) is 11.8 Å². The molecule has 1 nitrogen and oxygen atoms in total. The third-order valence-corrected chi connectivity index (χ3v) is 4.08. The maximum Gasteiger partial charge on any atom is 0.104 e. The van der Waals surface area contributed by atoms with E-state index in [9.17, 15) is 0 Å². The minimum Gasteiger partial charge on any atom is -0.384 e. The molecule has 0 spiro atoms. The summed E-state index contributed by atoms with van der Waals surface area (Å²) in [6.45, 7) is 2.06. The third-order valence-electron chi connectivity index (χ3n) is 3.03. The highest BCUT2D eigenvalue weighted by Gasteiger charge is 1.99. The Labute approximate surface area is 125 Å². The summed E-state index contributed by atoms with van der Waals surface area (Å²) in [5.41, 5.74) is 4.98. The lowest BCUT2D eigenvalue weighted by molar-refractivity contribution is 0.350. The second-order valence-corrected chi connectivity index (χ2v) is 5.57. The van der Waals surface area contributed by atoms with Crippen molar-refractivity contribution >= 4 is 11.8 Å². The normalized spacial score (nSPS) is 9.90. The number of hydrogen-bond acceptors (Lipinski definition) is 2. The van der Waals surface area contributed by atoms with Gasteiger partial charge in [0.15, 0.2) is 0 Å². The number of thioether (sulfide) groups is 1. The molecule has 0 aliphatic heterocycles. The zero-order valence-electron chi connectivity index (χ0n) is 11.6. The van der Waals surface area contributed by atoms with Crippen LogP contribution in [0.25, 0.3) is 0 Å². The van der Waals surface area contributed by atoms with Crippen molar-refractivity contribution in [3.63, 3.8) is 0 Å². The van der Waals surface area contributed by atoms with Crippen LogP contribution in [0, 0.1) is 18.8 Å². The fraction of sp³-hybridized carbons (Fsp3) is 0.222. The second kappa shape index (κ2) is 7.79. The predicted molar refractivity (Wildman–Crippen MR) is 86.6 cm³/mol. The lowest BCUT2D eigenvalue weighted by atomic mass is 10.1. The average Bonchev–Trinajstić information content (AvgIpc) is 2.48. The average molecular weight is 282 g/mol. The summed E-state index contributed by atoms with van der Waals surface area (Å²) in [5, 5.41) is 8.71. The maximum atomic E-state index is 8.71. The lowest BCUT2D eigenvalue weighted by Crippen LogP contribution is -1.87. The fourth-order valence-corrected chi connectivity index (χ4v) is 2.99. The first-order valence-electron chi connectivity index (χ1n) is 6.60. The van der Waals surface area contributed by atoms with Crippen LogP contribution in [0.2, 0.25) is 0 Å². The topological polar surface area (TPSA) is 20.2 Å². The first-order chi connectivity index (χ1) is 9.79. The van der Waals surface area contributed by atoms with Crippen LogP contribution >= 0.6 is 11.8 Å². The van der Waals surface area contributed by atoms with Gasteiger partial charge in [-0.25, -0.2) is 0 Å². The Bertz CT molecular complexity index is 623. The number of hydrogen-bond donors (Lipinski definition) is 1. The second-order valence-electron chi connectivity index (χ2n) is 4.58. The lowest BCUT2D eigenvalue weighted by Gasteiger charge is -2.06. The van der Waals surface area contributed by atoms with Crippen molar-refractivity contribution in [2.45, 2.75) is 18.4 Å². The standard InChI is InChI=1S/C18H18OS/c1-15-6-2-3-10-18(15)14-20-13-17-8-4-7-16(12-17)9-5-11-19/h2-4,6-8,10,12,19H,11,13-14H2,1H3. The zero-order chi connectivity index (χ0) is 14.2. The van der Waals surface area contributed by atoms with E-state index in [4.69, 9.17) is 5.11 Å². The Morgan fingerprint density at radius 1 is 1.05 bits per heavy atom. The van der Waals surface area contributed by atoms with Gasteiger partial charge in [-0.15, -0.1) is 0 Å². The van der Waals surface area contributed by atoms with Crippen molar-refractivity contribution < 1.29 is 5.11 Å². The predicted octanol–water partition coefficient (Wildman–Crippen LogP) is 3.77. The molecule has 0 amide bonds. The van der Waals surface area contributed by atoms with E-state index >= 15 is 0 Å². The molecule has 0 unspecified atom stereocenters. The van der Waals surface area contributed by atoms with E-state index in [-0.39, 0.29) is 6.61 Å². The fourth-order valence-electron chi connectivity index (χ4n) is 1.93. The van der Waals surface area contributed by atoms with Crippen molar-refractivity contribution in [2.24, 2.45) is 0 Å². The Morgan fingerprint density at radius 3 is 2.70 bits per heavy atom. The van der Waals surface area contributed by atoms with Gasteiger partial charge >= 0.3 is 0 Å². The molecule has 0 atom stereocenters. The number of aliphatic hydroxyl groups excluding tert-OH is 1. The molecule has 0 fully saturated rings. The van der Waals surface area contributed by atoms with Crippen molar-refractivity contribution in [3.8, 4) is 11.8 Å². The maximum absolute atomic E-state index is 8.71. The summed E-state index contributed by atoms with van der Waals surface area (Å²) in [4.78, 5) is 0. The SMILES string of the molecule is Cc1ccccc1CSCc1cccc(C#CCO)c1. The highest BCUT2D eigenvalue weighted by Crippen LogP contribution is 2.20. The molecule has 1 N–H and O–H groups in total. The number of aryl methyl sites for hydroxylation is 1. The quantitative estimate of drug-likeness (QED) is 0.861. The highest BCUT2D eigenvalue weighted by atomic mass is 32.2. The van der Waals surface area contributed by atoms with Crippen LogP contribution in [-0.4, -0.2) is 11.7 Å². The van der Waals surface area contributed by atoms with Crippen molar-refractivity contribution in [1.29, 1.82) is 0 Å². The van der Waals surface area contributed by atoms with Crippen LogP contribution in [-0.2, 0) is 11.5 Å². The van der Waals surface area contributed by atoms with Crippen LogP contribution < -0.4 is 0 Å². The molecule has 0 bridgehead atoms. The van der Waals surface area contributed by atoms with Gasteiger partial charge in [0.05, 0.1) is 0 Å². The van der Waals surface area contributed by atoms with Gasteiger partial charge in [0.1, 0.15) is 6.61 Å². The Balaban J connectivity index is 1.93. The summed E-state index contributed by atoms with van der Waals surface area (Å²) in [5.74, 6) is 7.62. The molecule has 0 aliphatic carbocycles. The van der Waals surface area contributed by atoms with Crippen LogP contribution in [0.5, 0.6) is 0 Å². The molecule has 0 heterocycles. The van der Waals surface area contributed by atoms with Crippen LogP contribution in [0.1, 0.15) is 22.3 Å². The van der Waals surface area contributed by atoms with E-state index in [1.165, 1.54) is 16.7 Å². The van der Waals surface area contributed by atoms with Crippen molar-refractivity contribution in [3.05, 3.63) is 70.8 Å². The van der Waals surface area contributed by atoms with Crippen molar-refractivity contribution in [1.82, 2.24) is 0 Å². The summed E-state index contributed by atoms with van der Waals surface area (Å²) in [7, 11) is 0. The largest absolute Gasteiger partial charge is 0.384 e. The first-order valence-corrected chi connectivity index (χ1v) is 7.76. The van der Waals surface area contributed by atoms with E-state index in [0.717, 1.165) is 17.1 Å². The minimum absolute atomic E-state index is 0.0910. The van der Waals surface area contributed by atoms with Crippen LogP contribution in [0.3, 0.4) is 0 Å². The molecule has 20 heavy (non-hydrogen) atoms. The van der Waals surface area contributed by atoms with Crippen molar-refractivity contribution in [2.75, 3.05) is 6.61 Å². The molecule has 0 aliphatic rings. The summed E-state index contributed by atoms with van der Waals surface area (Å²) in [6, 6.07) is 16.7. The molecule has 0 saturated carbocycles. The van der Waals surface area contributed by atoms with Gasteiger partial charge in [0.25, 0.3) is 0 Å². The number of benzene rings is 2. The third kappa shape index (κ3) is 4.45. The number of aliphatic hydroxyl groups is 1. The molecule has 0 radical (unpaired) electrons. The Hall–Kier alpha value is -1.69. The minimum atomic E-state index is -0.0910. The smallest absolute Gasteiger partial charge is 0.104 e. The van der Waals surface area contributed by atoms with Gasteiger partial charge in [0.2, 0.25) is 0 Å². The van der Waals surface area contributed by atoms with E-state index in [1.54, 1.807) is 0 Å². The van der Waals surface area contributed by atoms with E-state index in [1.807, 2.05) is 23.9 Å². The molecule has 0 aromatic heterocycles. The highest BCUT2D eigenvalue weighted by molar-refractivity contribution is 7.97. The summed E-state index contributed by atoms with van der Waals surface area (Å²) in [6.07, 6.45) is 0. The molecule has 2 aromatic rings. The zero-order valence-corrected chi connectivity index (χ0v) is 12.4. The summed E-state index contributed by atoms with van der Waals surface area (Å²) >= 11 is 1.91. The van der Waals surface area contributed by atoms with Gasteiger partial charge in [-0.05, 0) is 35.7 Å².